The van der Waals surface area contributed by atoms with Crippen LogP contribution in [-0.2, 0) is 50.1 Å². The molecule has 0 radical (unpaired) electrons. The van der Waals surface area contributed by atoms with Crippen LogP contribution < -0.4 is 0 Å². The quantitative estimate of drug-likeness (QED) is 0.125. The maximum atomic E-state index is 6.79. The van der Waals surface area contributed by atoms with Crippen molar-refractivity contribution in [3.63, 3.8) is 0 Å². The number of rotatable bonds is 14. The molecular weight excluding hydrogens is 580 g/mol. The standard InChI is InChI=1S/C39H38O5S/c1-5-13-30(14-6-1)24-40-28-36-38(42-26-32-17-9-3-10-18-32)39(43-27-33-19-11-4-12-20-33)37(41-25-31-15-7-2-8-16-31)35(44-36)23-34-21-22-45-29-34/h1-23,29,36-39H,24-28H2/b35-23-/t36-,37+,38-,39-/m1/s1. The molecule has 5 nitrogen and oxygen atoms in total. The lowest BCUT2D eigenvalue weighted by Gasteiger charge is -2.43. The van der Waals surface area contributed by atoms with Gasteiger partial charge in [-0.1, -0.05) is 121 Å². The third kappa shape index (κ3) is 9.01. The van der Waals surface area contributed by atoms with Gasteiger partial charge in [0.25, 0.3) is 0 Å². The number of ether oxygens (including phenoxy) is 5. The Kier molecular flexibility index (Phi) is 11.2. The minimum absolute atomic E-state index is 0.325. The molecule has 4 aromatic carbocycles. The van der Waals surface area contributed by atoms with E-state index in [1.807, 2.05) is 72.8 Å². The molecule has 1 aliphatic heterocycles. The Morgan fingerprint density at radius 3 is 1.56 bits per heavy atom. The molecule has 230 valence electrons. The summed E-state index contributed by atoms with van der Waals surface area (Å²) in [5.41, 5.74) is 5.38. The highest BCUT2D eigenvalue weighted by Gasteiger charge is 2.46. The second kappa shape index (κ2) is 16.3. The van der Waals surface area contributed by atoms with E-state index in [0.29, 0.717) is 38.8 Å². The molecule has 0 saturated carbocycles. The molecular formula is C39H38O5S. The van der Waals surface area contributed by atoms with E-state index in [9.17, 15) is 0 Å². The average Bonchev–Trinajstić information content (AvgIpc) is 3.61. The molecule has 6 heteroatoms. The van der Waals surface area contributed by atoms with Crippen LogP contribution >= 0.6 is 11.3 Å². The monoisotopic (exact) mass is 618 g/mol. The fourth-order valence-corrected chi connectivity index (χ4v) is 5.96. The first kappa shape index (κ1) is 31.0. The summed E-state index contributed by atoms with van der Waals surface area (Å²) in [5, 5.41) is 4.16. The predicted molar refractivity (Wildman–Crippen MR) is 178 cm³/mol. The average molecular weight is 619 g/mol. The summed E-state index contributed by atoms with van der Waals surface area (Å²) in [5.74, 6) is 0.704. The van der Waals surface area contributed by atoms with Crippen molar-refractivity contribution in [3.8, 4) is 0 Å². The highest BCUT2D eigenvalue weighted by molar-refractivity contribution is 7.08. The zero-order valence-electron chi connectivity index (χ0n) is 25.2. The lowest BCUT2D eigenvalue weighted by Crippen LogP contribution is -2.56. The fraction of sp³-hybridized carbons (Fsp3) is 0.231. The first-order valence-corrected chi connectivity index (χ1v) is 16.2. The van der Waals surface area contributed by atoms with Crippen LogP contribution in [0.3, 0.4) is 0 Å². The molecule has 4 atom stereocenters. The fourth-order valence-electron chi connectivity index (χ4n) is 5.34. The van der Waals surface area contributed by atoms with Gasteiger partial charge in [0, 0.05) is 0 Å². The van der Waals surface area contributed by atoms with Gasteiger partial charge in [-0.15, -0.1) is 0 Å². The van der Waals surface area contributed by atoms with Crippen LogP contribution in [0.4, 0.5) is 0 Å². The summed E-state index contributed by atoms with van der Waals surface area (Å²) in [6.07, 6.45) is 0.175. The second-order valence-electron chi connectivity index (χ2n) is 11.0. The van der Waals surface area contributed by atoms with E-state index in [4.69, 9.17) is 23.7 Å². The minimum atomic E-state index is -0.514. The summed E-state index contributed by atoms with van der Waals surface area (Å²) in [6, 6.07) is 42.8. The largest absolute Gasteiger partial charge is 0.487 e. The zero-order valence-corrected chi connectivity index (χ0v) is 26.0. The number of benzene rings is 4. The Balaban J connectivity index is 1.32. The summed E-state index contributed by atoms with van der Waals surface area (Å²) in [6.45, 7) is 2.02. The van der Waals surface area contributed by atoms with Crippen molar-refractivity contribution in [1.29, 1.82) is 0 Å². The van der Waals surface area contributed by atoms with Crippen LogP contribution in [-0.4, -0.2) is 31.0 Å². The number of thiophene rings is 1. The van der Waals surface area contributed by atoms with Gasteiger partial charge in [0.1, 0.15) is 24.1 Å². The van der Waals surface area contributed by atoms with Gasteiger partial charge in [0.2, 0.25) is 0 Å². The Morgan fingerprint density at radius 2 is 1.04 bits per heavy atom. The molecule has 0 unspecified atom stereocenters. The SMILES string of the molecule is C(=C1/O[C@H](COCc2ccccc2)[C@@H](OCc2ccccc2)[C@H](OCc2ccccc2)[C@H]1OCc1ccccc1)/c1ccsc1. The van der Waals surface area contributed by atoms with E-state index >= 15 is 0 Å². The van der Waals surface area contributed by atoms with Crippen molar-refractivity contribution >= 4 is 17.4 Å². The Bertz CT molecular complexity index is 1560. The van der Waals surface area contributed by atoms with Crippen LogP contribution in [0.25, 0.3) is 6.08 Å². The van der Waals surface area contributed by atoms with Gasteiger partial charge in [-0.05, 0) is 50.7 Å². The van der Waals surface area contributed by atoms with E-state index in [1.54, 1.807) is 11.3 Å². The van der Waals surface area contributed by atoms with Crippen molar-refractivity contribution in [1.82, 2.24) is 0 Å². The molecule has 0 spiro atoms. The normalized spacial score (nSPS) is 20.6. The molecule has 1 fully saturated rings. The first-order chi connectivity index (χ1) is 22.3. The van der Waals surface area contributed by atoms with Gasteiger partial charge in [-0.25, -0.2) is 0 Å². The molecule has 1 aliphatic rings. The minimum Gasteiger partial charge on any atom is -0.487 e. The summed E-state index contributed by atoms with van der Waals surface area (Å²) in [4.78, 5) is 0. The van der Waals surface area contributed by atoms with Gasteiger partial charge in [-0.2, -0.15) is 11.3 Å². The van der Waals surface area contributed by atoms with Crippen molar-refractivity contribution in [2.24, 2.45) is 0 Å². The second-order valence-corrected chi connectivity index (χ2v) is 11.8. The molecule has 45 heavy (non-hydrogen) atoms. The predicted octanol–water partition coefficient (Wildman–Crippen LogP) is 8.46. The van der Waals surface area contributed by atoms with Crippen LogP contribution in [0.2, 0.25) is 0 Å². The summed E-state index contributed by atoms with van der Waals surface area (Å²) < 4.78 is 33.3. The van der Waals surface area contributed by atoms with Gasteiger partial charge in [0.15, 0.2) is 6.10 Å². The molecule has 0 N–H and O–H groups in total. The Hall–Kier alpha value is -4.04. The molecule has 0 amide bonds. The van der Waals surface area contributed by atoms with Crippen molar-refractivity contribution < 1.29 is 23.7 Å². The summed E-state index contributed by atoms with van der Waals surface area (Å²) >= 11 is 1.64. The first-order valence-electron chi connectivity index (χ1n) is 15.3. The molecule has 1 aromatic heterocycles. The van der Waals surface area contributed by atoms with Gasteiger partial charge >= 0.3 is 0 Å². The van der Waals surface area contributed by atoms with E-state index in [0.717, 1.165) is 27.8 Å². The number of hydrogen-bond donors (Lipinski definition) is 0. The molecule has 5 aromatic rings. The highest BCUT2D eigenvalue weighted by atomic mass is 32.1. The van der Waals surface area contributed by atoms with Crippen molar-refractivity contribution in [2.75, 3.05) is 6.61 Å². The Morgan fingerprint density at radius 1 is 0.556 bits per heavy atom. The van der Waals surface area contributed by atoms with E-state index in [1.165, 1.54) is 0 Å². The van der Waals surface area contributed by atoms with Gasteiger partial charge < -0.3 is 23.7 Å². The smallest absolute Gasteiger partial charge is 0.150 e. The molecule has 0 bridgehead atoms. The maximum absolute atomic E-state index is 6.79. The topological polar surface area (TPSA) is 46.2 Å². The lowest BCUT2D eigenvalue weighted by atomic mass is 9.96. The van der Waals surface area contributed by atoms with Crippen LogP contribution in [0.5, 0.6) is 0 Å². The van der Waals surface area contributed by atoms with Crippen molar-refractivity contribution in [2.45, 2.75) is 50.8 Å². The number of hydrogen-bond acceptors (Lipinski definition) is 6. The van der Waals surface area contributed by atoms with E-state index in [-0.39, 0.29) is 0 Å². The molecule has 6 rings (SSSR count). The molecule has 2 heterocycles. The van der Waals surface area contributed by atoms with Crippen LogP contribution in [0.1, 0.15) is 27.8 Å². The van der Waals surface area contributed by atoms with Crippen molar-refractivity contribution in [3.05, 3.63) is 172 Å². The molecule has 0 aliphatic carbocycles. The van der Waals surface area contributed by atoms with Gasteiger partial charge in [-0.3, -0.25) is 0 Å². The Labute approximate surface area is 269 Å². The maximum Gasteiger partial charge on any atom is 0.150 e. The van der Waals surface area contributed by atoms with Crippen LogP contribution in [0, 0.1) is 0 Å². The molecule has 1 saturated heterocycles. The zero-order chi connectivity index (χ0) is 30.5. The summed E-state index contributed by atoms with van der Waals surface area (Å²) in [7, 11) is 0. The third-order valence-electron chi connectivity index (χ3n) is 7.65. The lowest BCUT2D eigenvalue weighted by molar-refractivity contribution is -0.222. The van der Waals surface area contributed by atoms with E-state index < -0.39 is 24.4 Å². The highest BCUT2D eigenvalue weighted by Crippen LogP contribution is 2.34. The van der Waals surface area contributed by atoms with Crippen LogP contribution in [0.15, 0.2) is 144 Å². The van der Waals surface area contributed by atoms with E-state index in [2.05, 4.69) is 71.4 Å². The third-order valence-corrected chi connectivity index (χ3v) is 8.35. The van der Waals surface area contributed by atoms with Gasteiger partial charge in [0.05, 0.1) is 33.0 Å².